The van der Waals surface area contributed by atoms with Crippen molar-refractivity contribution in [2.24, 2.45) is 0 Å². The van der Waals surface area contributed by atoms with Gasteiger partial charge in [-0.15, -0.1) is 0 Å². The normalized spacial score (nSPS) is 15.5. The minimum Gasteiger partial charge on any atom is -0.508 e. The van der Waals surface area contributed by atoms with Gasteiger partial charge in [0.05, 0.1) is 26.2 Å². The number of nitrogens with zero attached hydrogens (tertiary/aromatic N) is 1. The molecule has 0 saturated carbocycles. The van der Waals surface area contributed by atoms with Crippen LogP contribution in [0, 0.1) is 13.8 Å². The molecule has 2 N–H and O–H groups in total. The van der Waals surface area contributed by atoms with Crippen molar-refractivity contribution >= 4 is 5.69 Å². The van der Waals surface area contributed by atoms with Crippen molar-refractivity contribution in [1.82, 2.24) is 0 Å². The molecule has 0 aliphatic carbocycles. The molecule has 3 rings (SSSR count). The summed E-state index contributed by atoms with van der Waals surface area (Å²) >= 11 is 0. The second kappa shape index (κ2) is 7.58. The summed E-state index contributed by atoms with van der Waals surface area (Å²) in [6.07, 6.45) is 0. The molecule has 24 heavy (non-hydrogen) atoms. The first kappa shape index (κ1) is 16.7. The van der Waals surface area contributed by atoms with E-state index in [4.69, 9.17) is 4.74 Å². The summed E-state index contributed by atoms with van der Waals surface area (Å²) in [6.45, 7) is 10.3. The van der Waals surface area contributed by atoms with Gasteiger partial charge < -0.3 is 19.6 Å². The van der Waals surface area contributed by atoms with Crippen molar-refractivity contribution in [2.45, 2.75) is 13.8 Å². The Labute approximate surface area is 144 Å². The van der Waals surface area contributed by atoms with Crippen LogP contribution >= 0.6 is 0 Å². The van der Waals surface area contributed by atoms with E-state index in [9.17, 15) is 5.11 Å². The van der Waals surface area contributed by atoms with Gasteiger partial charge in [0.15, 0.2) is 0 Å². The molecule has 0 spiro atoms. The highest BCUT2D eigenvalue weighted by molar-refractivity contribution is 5.48. The molecule has 4 heteroatoms. The lowest BCUT2D eigenvalue weighted by atomic mass is 10.1. The Bertz CT molecular complexity index is 642. The van der Waals surface area contributed by atoms with Gasteiger partial charge in [0.2, 0.25) is 0 Å². The molecule has 2 aromatic carbocycles. The molecule has 0 unspecified atom stereocenters. The molecule has 2 aromatic rings. The Morgan fingerprint density at radius 3 is 2.25 bits per heavy atom. The monoisotopic (exact) mass is 327 g/mol. The average molecular weight is 327 g/mol. The maximum atomic E-state index is 9.39. The summed E-state index contributed by atoms with van der Waals surface area (Å²) in [5, 5.41) is 9.39. The summed E-state index contributed by atoms with van der Waals surface area (Å²) in [4.78, 5) is 3.97. The van der Waals surface area contributed by atoms with E-state index in [1.807, 2.05) is 12.1 Å². The van der Waals surface area contributed by atoms with E-state index >= 15 is 0 Å². The van der Waals surface area contributed by atoms with Gasteiger partial charge >= 0.3 is 0 Å². The predicted molar refractivity (Wildman–Crippen MR) is 97.3 cm³/mol. The fourth-order valence-electron chi connectivity index (χ4n) is 3.32. The molecule has 0 atom stereocenters. The Morgan fingerprint density at radius 1 is 1.00 bits per heavy atom. The van der Waals surface area contributed by atoms with E-state index in [1.165, 1.54) is 16.8 Å². The summed E-state index contributed by atoms with van der Waals surface area (Å²) in [6, 6.07) is 13.9. The van der Waals surface area contributed by atoms with Crippen molar-refractivity contribution in [1.29, 1.82) is 0 Å². The molecule has 4 nitrogen and oxygen atoms in total. The summed E-state index contributed by atoms with van der Waals surface area (Å²) in [5.41, 5.74) is 3.69. The fraction of sp³-hybridized carbons (Fsp3) is 0.400. The molecule has 1 fully saturated rings. The zero-order chi connectivity index (χ0) is 16.9. The number of phenols is 1. The smallest absolute Gasteiger partial charge is 0.137 e. The van der Waals surface area contributed by atoms with Crippen LogP contribution in [0.2, 0.25) is 0 Å². The van der Waals surface area contributed by atoms with E-state index in [2.05, 4.69) is 36.9 Å². The van der Waals surface area contributed by atoms with Crippen molar-refractivity contribution in [3.8, 4) is 11.5 Å². The number of benzene rings is 2. The molecule has 1 saturated heterocycles. The quantitative estimate of drug-likeness (QED) is 0.879. The first-order valence-electron chi connectivity index (χ1n) is 8.69. The van der Waals surface area contributed by atoms with E-state index < -0.39 is 0 Å². The number of aryl methyl sites for hydroxylation is 2. The van der Waals surface area contributed by atoms with Gasteiger partial charge in [0.25, 0.3) is 0 Å². The third-order valence-electron chi connectivity index (χ3n) is 4.60. The van der Waals surface area contributed by atoms with Gasteiger partial charge in [-0.05, 0) is 61.4 Å². The average Bonchev–Trinajstić information content (AvgIpc) is 2.55. The van der Waals surface area contributed by atoms with Crippen LogP contribution in [0.25, 0.3) is 0 Å². The van der Waals surface area contributed by atoms with Crippen LogP contribution < -0.4 is 14.5 Å². The molecule has 0 aromatic heterocycles. The third kappa shape index (κ3) is 4.42. The van der Waals surface area contributed by atoms with Gasteiger partial charge in [0, 0.05) is 5.69 Å². The maximum absolute atomic E-state index is 9.39. The number of nitrogens with one attached hydrogen (secondary N) is 1. The zero-order valence-corrected chi connectivity index (χ0v) is 14.6. The summed E-state index contributed by atoms with van der Waals surface area (Å²) < 4.78 is 5.93. The molecular formula is C20H27N2O2+. The lowest BCUT2D eigenvalue weighted by Gasteiger charge is -2.33. The largest absolute Gasteiger partial charge is 0.508 e. The standard InChI is InChI=1S/C20H26N2O2/c1-16-13-17(2)15-20(14-16)24-12-11-21-7-9-22(10-8-21)18-3-5-19(23)6-4-18/h3-6,13-15,23H,7-12H2,1-2H3/p+1. The Hall–Kier alpha value is -2.20. The zero-order valence-electron chi connectivity index (χ0n) is 14.6. The number of ether oxygens (including phenoxy) is 1. The molecule has 0 radical (unpaired) electrons. The van der Waals surface area contributed by atoms with Gasteiger partial charge in [-0.2, -0.15) is 0 Å². The van der Waals surface area contributed by atoms with Gasteiger partial charge in [-0.3, -0.25) is 0 Å². The van der Waals surface area contributed by atoms with E-state index in [1.54, 1.807) is 17.0 Å². The van der Waals surface area contributed by atoms with Gasteiger partial charge in [0.1, 0.15) is 24.7 Å². The predicted octanol–water partition coefficient (Wildman–Crippen LogP) is 1.79. The van der Waals surface area contributed by atoms with Crippen molar-refractivity contribution in [3.05, 3.63) is 53.6 Å². The molecule has 1 aliphatic heterocycles. The second-order valence-corrected chi connectivity index (χ2v) is 6.68. The van der Waals surface area contributed by atoms with Crippen molar-refractivity contribution in [2.75, 3.05) is 44.2 Å². The van der Waals surface area contributed by atoms with Crippen LogP contribution in [0.15, 0.2) is 42.5 Å². The first-order valence-corrected chi connectivity index (χ1v) is 8.69. The SMILES string of the molecule is Cc1cc(C)cc(OCC[NH+]2CCN(c3ccc(O)cc3)CC2)c1. The van der Waals surface area contributed by atoms with Crippen LogP contribution in [0.1, 0.15) is 11.1 Å². The lowest BCUT2D eigenvalue weighted by molar-refractivity contribution is -0.900. The minimum atomic E-state index is 0.326. The highest BCUT2D eigenvalue weighted by atomic mass is 16.5. The second-order valence-electron chi connectivity index (χ2n) is 6.68. The Kier molecular flexibility index (Phi) is 5.26. The number of rotatable bonds is 5. The lowest BCUT2D eigenvalue weighted by Crippen LogP contribution is -3.15. The van der Waals surface area contributed by atoms with Crippen LogP contribution in [-0.2, 0) is 0 Å². The van der Waals surface area contributed by atoms with E-state index in [0.717, 1.165) is 45.1 Å². The Balaban J connectivity index is 1.43. The maximum Gasteiger partial charge on any atom is 0.137 e. The van der Waals surface area contributed by atoms with E-state index in [0.29, 0.717) is 5.75 Å². The molecule has 1 heterocycles. The summed E-state index contributed by atoms with van der Waals surface area (Å²) in [5.74, 6) is 1.31. The van der Waals surface area contributed by atoms with Crippen LogP contribution in [-0.4, -0.2) is 44.4 Å². The van der Waals surface area contributed by atoms with Crippen molar-refractivity contribution < 1.29 is 14.7 Å². The van der Waals surface area contributed by atoms with Crippen LogP contribution in [0.3, 0.4) is 0 Å². The first-order chi connectivity index (χ1) is 11.6. The highest BCUT2D eigenvalue weighted by Crippen LogP contribution is 2.18. The number of hydrogen-bond donors (Lipinski definition) is 2. The van der Waals surface area contributed by atoms with Crippen LogP contribution in [0.4, 0.5) is 5.69 Å². The number of phenolic OH excluding ortho intramolecular Hbond substituents is 1. The Morgan fingerprint density at radius 2 is 1.62 bits per heavy atom. The molecule has 128 valence electrons. The number of piperazine rings is 1. The highest BCUT2D eigenvalue weighted by Gasteiger charge is 2.19. The number of quaternary nitrogens is 1. The number of anilines is 1. The van der Waals surface area contributed by atoms with Crippen molar-refractivity contribution in [3.63, 3.8) is 0 Å². The fourth-order valence-corrected chi connectivity index (χ4v) is 3.32. The molecule has 0 amide bonds. The molecule has 1 aliphatic rings. The number of hydrogen-bond acceptors (Lipinski definition) is 3. The number of aromatic hydroxyl groups is 1. The van der Waals surface area contributed by atoms with E-state index in [-0.39, 0.29) is 0 Å². The van der Waals surface area contributed by atoms with Gasteiger partial charge in [-0.1, -0.05) is 6.07 Å². The molecular weight excluding hydrogens is 300 g/mol. The topological polar surface area (TPSA) is 37.1 Å². The minimum absolute atomic E-state index is 0.326. The molecule has 0 bridgehead atoms. The summed E-state index contributed by atoms with van der Waals surface area (Å²) in [7, 11) is 0. The third-order valence-corrected chi connectivity index (χ3v) is 4.60. The van der Waals surface area contributed by atoms with Gasteiger partial charge in [-0.25, -0.2) is 0 Å². The van der Waals surface area contributed by atoms with Crippen LogP contribution in [0.5, 0.6) is 11.5 Å².